The number of benzene rings is 1. The van der Waals surface area contributed by atoms with Crippen molar-refractivity contribution in [2.75, 3.05) is 12.8 Å². The van der Waals surface area contributed by atoms with E-state index in [1.54, 1.807) is 6.07 Å². The van der Waals surface area contributed by atoms with Gasteiger partial charge in [0.25, 0.3) is 0 Å². The van der Waals surface area contributed by atoms with Gasteiger partial charge in [-0.15, -0.1) is 0 Å². The molecule has 1 heterocycles. The van der Waals surface area contributed by atoms with Crippen molar-refractivity contribution < 1.29 is 9.53 Å². The van der Waals surface area contributed by atoms with Crippen LogP contribution in [0.3, 0.4) is 0 Å². The van der Waals surface area contributed by atoms with E-state index in [2.05, 4.69) is 9.72 Å². The van der Waals surface area contributed by atoms with Gasteiger partial charge in [0.2, 0.25) is 5.95 Å². The number of fused-ring (bicyclic) bond motifs is 1. The molecule has 2 aromatic rings. The van der Waals surface area contributed by atoms with Gasteiger partial charge >= 0.3 is 6.09 Å². The Hall–Kier alpha value is -2.04. The maximum absolute atomic E-state index is 11.4. The maximum Gasteiger partial charge on any atom is 0.421 e. The van der Waals surface area contributed by atoms with Gasteiger partial charge in [-0.25, -0.2) is 14.3 Å². The average Bonchev–Trinajstić information content (AvgIpc) is 2.55. The summed E-state index contributed by atoms with van der Waals surface area (Å²) in [6, 6.07) is 5.54. The highest BCUT2D eigenvalue weighted by molar-refractivity contribution is 5.91. The van der Waals surface area contributed by atoms with Crippen molar-refractivity contribution in [2.24, 2.45) is 0 Å². The number of methoxy groups -OCH3 is 1. The van der Waals surface area contributed by atoms with Gasteiger partial charge in [-0.1, -0.05) is 12.1 Å². The molecular formula is C10H11N3O2. The third kappa shape index (κ3) is 1.32. The molecule has 0 amide bonds. The molecule has 1 aromatic carbocycles. The van der Waals surface area contributed by atoms with Gasteiger partial charge in [0.15, 0.2) is 0 Å². The molecule has 0 saturated heterocycles. The SMILES string of the molecule is COC(=O)n1c(N)nc2c(C)cccc21. The van der Waals surface area contributed by atoms with Crippen molar-refractivity contribution in [1.29, 1.82) is 0 Å². The molecule has 0 saturated carbocycles. The number of hydrogen-bond donors (Lipinski definition) is 1. The average molecular weight is 205 g/mol. The summed E-state index contributed by atoms with van der Waals surface area (Å²) >= 11 is 0. The molecule has 2 rings (SSSR count). The summed E-state index contributed by atoms with van der Waals surface area (Å²) in [4.78, 5) is 15.6. The smallest absolute Gasteiger partial charge is 0.421 e. The first kappa shape index (κ1) is 9.51. The van der Waals surface area contributed by atoms with Gasteiger partial charge < -0.3 is 10.5 Å². The van der Waals surface area contributed by atoms with Crippen LogP contribution in [0, 0.1) is 6.92 Å². The number of anilines is 1. The van der Waals surface area contributed by atoms with Crippen molar-refractivity contribution >= 4 is 23.1 Å². The van der Waals surface area contributed by atoms with Crippen molar-refractivity contribution in [3.63, 3.8) is 0 Å². The second-order valence-electron chi connectivity index (χ2n) is 3.22. The van der Waals surface area contributed by atoms with E-state index in [-0.39, 0.29) is 5.95 Å². The van der Waals surface area contributed by atoms with Gasteiger partial charge in [0, 0.05) is 0 Å². The predicted octanol–water partition coefficient (Wildman–Crippen LogP) is 1.54. The second kappa shape index (κ2) is 3.27. The van der Waals surface area contributed by atoms with Crippen molar-refractivity contribution in [2.45, 2.75) is 6.92 Å². The van der Waals surface area contributed by atoms with Crippen LogP contribution >= 0.6 is 0 Å². The number of nitrogens with zero attached hydrogens (tertiary/aromatic N) is 2. The summed E-state index contributed by atoms with van der Waals surface area (Å²) in [5.74, 6) is 0.145. The van der Waals surface area contributed by atoms with E-state index in [9.17, 15) is 4.79 Å². The number of carbonyl (C=O) groups excluding carboxylic acids is 1. The van der Waals surface area contributed by atoms with E-state index in [0.29, 0.717) is 5.52 Å². The fourth-order valence-electron chi connectivity index (χ4n) is 1.54. The van der Waals surface area contributed by atoms with E-state index >= 15 is 0 Å². The molecule has 78 valence electrons. The molecule has 0 aliphatic rings. The van der Waals surface area contributed by atoms with Gasteiger partial charge in [-0.05, 0) is 18.6 Å². The predicted molar refractivity (Wildman–Crippen MR) is 56.7 cm³/mol. The van der Waals surface area contributed by atoms with Crippen molar-refractivity contribution in [3.8, 4) is 0 Å². The molecule has 0 atom stereocenters. The number of nitrogens with two attached hydrogens (primary N) is 1. The van der Waals surface area contributed by atoms with Crippen LogP contribution in [-0.2, 0) is 4.74 Å². The normalized spacial score (nSPS) is 10.5. The summed E-state index contributed by atoms with van der Waals surface area (Å²) in [5, 5.41) is 0. The van der Waals surface area contributed by atoms with E-state index in [0.717, 1.165) is 11.1 Å². The summed E-state index contributed by atoms with van der Waals surface area (Å²) in [7, 11) is 1.31. The van der Waals surface area contributed by atoms with Crippen LogP contribution in [0.2, 0.25) is 0 Å². The fourth-order valence-corrected chi connectivity index (χ4v) is 1.54. The minimum absolute atomic E-state index is 0.145. The Morgan fingerprint density at radius 3 is 2.93 bits per heavy atom. The van der Waals surface area contributed by atoms with Crippen LogP contribution in [0.25, 0.3) is 11.0 Å². The Bertz CT molecular complexity index is 531. The first-order chi connectivity index (χ1) is 7.15. The molecule has 15 heavy (non-hydrogen) atoms. The molecule has 1 aromatic heterocycles. The summed E-state index contributed by atoms with van der Waals surface area (Å²) < 4.78 is 5.88. The number of hydrogen-bond acceptors (Lipinski definition) is 4. The third-order valence-corrected chi connectivity index (χ3v) is 2.27. The number of carbonyl (C=O) groups is 1. The molecule has 2 N–H and O–H groups in total. The lowest BCUT2D eigenvalue weighted by molar-refractivity contribution is 0.174. The number of aromatic nitrogens is 2. The highest BCUT2D eigenvalue weighted by Gasteiger charge is 2.15. The van der Waals surface area contributed by atoms with E-state index in [1.165, 1.54) is 11.7 Å². The molecular weight excluding hydrogens is 194 g/mol. The van der Waals surface area contributed by atoms with Crippen molar-refractivity contribution in [3.05, 3.63) is 23.8 Å². The number of nitrogen functional groups attached to an aromatic ring is 1. The molecule has 0 aliphatic carbocycles. The lowest BCUT2D eigenvalue weighted by atomic mass is 10.2. The van der Waals surface area contributed by atoms with E-state index < -0.39 is 6.09 Å². The van der Waals surface area contributed by atoms with Crippen LogP contribution < -0.4 is 5.73 Å². The Labute approximate surface area is 86.5 Å². The van der Waals surface area contributed by atoms with Crippen LogP contribution in [0.4, 0.5) is 10.7 Å². The molecule has 0 aliphatic heterocycles. The third-order valence-electron chi connectivity index (χ3n) is 2.27. The first-order valence-corrected chi connectivity index (χ1v) is 4.47. The molecule has 0 radical (unpaired) electrons. The number of aryl methyl sites for hydroxylation is 1. The maximum atomic E-state index is 11.4. The summed E-state index contributed by atoms with van der Waals surface area (Å²) in [6.07, 6.45) is -0.527. The largest absolute Gasteiger partial charge is 0.452 e. The zero-order valence-electron chi connectivity index (χ0n) is 8.52. The number of imidazole rings is 1. The molecule has 0 unspecified atom stereocenters. The van der Waals surface area contributed by atoms with Crippen LogP contribution in [0.1, 0.15) is 5.56 Å². The lowest BCUT2D eigenvalue weighted by Gasteiger charge is -2.02. The minimum atomic E-state index is -0.527. The lowest BCUT2D eigenvalue weighted by Crippen LogP contribution is -2.13. The van der Waals surface area contributed by atoms with E-state index in [4.69, 9.17) is 5.73 Å². The Balaban J connectivity index is 2.79. The van der Waals surface area contributed by atoms with Gasteiger partial charge in [-0.3, -0.25) is 0 Å². The highest BCUT2D eigenvalue weighted by Crippen LogP contribution is 2.20. The Morgan fingerprint density at radius 2 is 2.27 bits per heavy atom. The van der Waals surface area contributed by atoms with E-state index in [1.807, 2.05) is 19.1 Å². The molecule has 5 heteroatoms. The van der Waals surface area contributed by atoms with Crippen molar-refractivity contribution in [1.82, 2.24) is 9.55 Å². The second-order valence-corrected chi connectivity index (χ2v) is 3.22. The van der Waals surface area contributed by atoms with Gasteiger partial charge in [-0.2, -0.15) is 0 Å². The number of ether oxygens (including phenoxy) is 1. The fraction of sp³-hybridized carbons (Fsp3) is 0.200. The molecule has 0 spiro atoms. The highest BCUT2D eigenvalue weighted by atomic mass is 16.5. The monoisotopic (exact) mass is 205 g/mol. The van der Waals surface area contributed by atoms with Crippen LogP contribution in [-0.4, -0.2) is 22.8 Å². The summed E-state index contributed by atoms with van der Waals surface area (Å²) in [5.41, 5.74) is 8.01. The molecule has 0 fully saturated rings. The number of para-hydroxylation sites is 1. The van der Waals surface area contributed by atoms with Crippen LogP contribution in [0.5, 0.6) is 0 Å². The number of rotatable bonds is 0. The minimum Gasteiger partial charge on any atom is -0.452 e. The van der Waals surface area contributed by atoms with Gasteiger partial charge in [0.1, 0.15) is 0 Å². The van der Waals surface area contributed by atoms with Gasteiger partial charge in [0.05, 0.1) is 18.1 Å². The molecule has 5 nitrogen and oxygen atoms in total. The zero-order valence-corrected chi connectivity index (χ0v) is 8.52. The topological polar surface area (TPSA) is 70.1 Å². The van der Waals surface area contributed by atoms with Crippen LogP contribution in [0.15, 0.2) is 18.2 Å². The Morgan fingerprint density at radius 1 is 1.53 bits per heavy atom. The Kier molecular flexibility index (Phi) is 2.07. The zero-order chi connectivity index (χ0) is 11.0. The summed E-state index contributed by atoms with van der Waals surface area (Å²) in [6.45, 7) is 1.91. The standard InChI is InChI=1S/C10H11N3O2/c1-6-4-3-5-7-8(6)12-9(11)13(7)10(14)15-2/h3-5H,1-2H3,(H2,11,12). The quantitative estimate of drug-likeness (QED) is 0.708. The first-order valence-electron chi connectivity index (χ1n) is 4.47. The molecule has 0 bridgehead atoms.